The van der Waals surface area contributed by atoms with Crippen LogP contribution >= 0.6 is 11.8 Å². The van der Waals surface area contributed by atoms with Crippen molar-refractivity contribution >= 4 is 17.7 Å². The van der Waals surface area contributed by atoms with Crippen molar-refractivity contribution in [1.29, 1.82) is 0 Å². The molecular weight excluding hydrogens is 184 g/mol. The summed E-state index contributed by atoms with van der Waals surface area (Å²) < 4.78 is 4.79. The van der Waals surface area contributed by atoms with Gasteiger partial charge in [0.15, 0.2) is 0 Å². The van der Waals surface area contributed by atoms with E-state index in [0.717, 1.165) is 4.90 Å². The van der Waals surface area contributed by atoms with Gasteiger partial charge in [-0.1, -0.05) is 30.0 Å². The standard InChI is InChI=1S/C10H8O2S/c11-10-9(6-7-12-10)13-8-4-2-1-3-5-8/h1-6H,7H2. The van der Waals surface area contributed by atoms with E-state index in [-0.39, 0.29) is 5.97 Å². The molecule has 13 heavy (non-hydrogen) atoms. The zero-order chi connectivity index (χ0) is 9.10. The highest BCUT2D eigenvalue weighted by Gasteiger charge is 2.17. The molecule has 0 N–H and O–H groups in total. The maximum absolute atomic E-state index is 11.1. The number of hydrogen-bond acceptors (Lipinski definition) is 3. The van der Waals surface area contributed by atoms with Crippen molar-refractivity contribution in [1.82, 2.24) is 0 Å². The van der Waals surface area contributed by atoms with Gasteiger partial charge in [0.05, 0.1) is 4.91 Å². The van der Waals surface area contributed by atoms with Crippen LogP contribution in [0.3, 0.4) is 0 Å². The van der Waals surface area contributed by atoms with E-state index >= 15 is 0 Å². The number of cyclic esters (lactones) is 1. The van der Waals surface area contributed by atoms with Crippen LogP contribution < -0.4 is 0 Å². The topological polar surface area (TPSA) is 26.3 Å². The van der Waals surface area contributed by atoms with Gasteiger partial charge in [-0.25, -0.2) is 4.79 Å². The molecule has 1 aliphatic heterocycles. The third-order valence-corrected chi connectivity index (χ3v) is 2.72. The largest absolute Gasteiger partial charge is 0.457 e. The number of carbonyl (C=O) groups is 1. The predicted octanol–water partition coefficient (Wildman–Crippen LogP) is 2.22. The van der Waals surface area contributed by atoms with Gasteiger partial charge in [0.25, 0.3) is 0 Å². The van der Waals surface area contributed by atoms with Crippen LogP contribution in [0.15, 0.2) is 46.2 Å². The van der Waals surface area contributed by atoms with E-state index in [0.29, 0.717) is 11.5 Å². The average Bonchev–Trinajstić information content (AvgIpc) is 2.54. The summed E-state index contributed by atoms with van der Waals surface area (Å²) in [5.41, 5.74) is 0. The Morgan fingerprint density at radius 2 is 2.00 bits per heavy atom. The Balaban J connectivity index is 2.11. The monoisotopic (exact) mass is 192 g/mol. The zero-order valence-corrected chi connectivity index (χ0v) is 7.71. The molecule has 0 amide bonds. The second-order valence-electron chi connectivity index (χ2n) is 2.58. The SMILES string of the molecule is O=C1OCC=C1Sc1ccccc1. The lowest BCUT2D eigenvalue weighted by Gasteiger charge is -1.98. The molecule has 3 heteroatoms. The average molecular weight is 192 g/mol. The normalized spacial score (nSPS) is 15.4. The number of rotatable bonds is 2. The first-order valence-electron chi connectivity index (χ1n) is 3.96. The molecule has 1 heterocycles. The molecule has 0 atom stereocenters. The molecule has 0 aliphatic carbocycles. The van der Waals surface area contributed by atoms with Crippen LogP contribution in [0.5, 0.6) is 0 Å². The molecule has 0 fully saturated rings. The van der Waals surface area contributed by atoms with Crippen molar-refractivity contribution in [3.05, 3.63) is 41.3 Å². The van der Waals surface area contributed by atoms with E-state index in [1.165, 1.54) is 11.8 Å². The predicted molar refractivity (Wildman–Crippen MR) is 51.3 cm³/mol. The summed E-state index contributed by atoms with van der Waals surface area (Å²) in [5.74, 6) is -0.214. The van der Waals surface area contributed by atoms with Crippen molar-refractivity contribution in [3.63, 3.8) is 0 Å². The number of ether oxygens (including phenoxy) is 1. The molecule has 0 saturated carbocycles. The molecular formula is C10H8O2S. The molecule has 2 rings (SSSR count). The lowest BCUT2D eigenvalue weighted by atomic mass is 10.4. The maximum Gasteiger partial charge on any atom is 0.345 e. The Hall–Kier alpha value is -1.22. The van der Waals surface area contributed by atoms with Gasteiger partial charge in [-0.15, -0.1) is 0 Å². The van der Waals surface area contributed by atoms with Gasteiger partial charge in [-0.3, -0.25) is 0 Å². The number of esters is 1. The molecule has 66 valence electrons. The lowest BCUT2D eigenvalue weighted by molar-refractivity contribution is -0.135. The van der Waals surface area contributed by atoms with Crippen LogP contribution in [0.25, 0.3) is 0 Å². The summed E-state index contributed by atoms with van der Waals surface area (Å²) in [7, 11) is 0. The molecule has 0 spiro atoms. The first kappa shape index (κ1) is 8.38. The summed E-state index contributed by atoms with van der Waals surface area (Å²) in [6.45, 7) is 0.411. The van der Waals surface area contributed by atoms with Crippen molar-refractivity contribution in [2.24, 2.45) is 0 Å². The number of hydrogen-bond donors (Lipinski definition) is 0. The summed E-state index contributed by atoms with van der Waals surface area (Å²) in [4.78, 5) is 12.8. The molecule has 0 bridgehead atoms. The van der Waals surface area contributed by atoms with Crippen LogP contribution in [-0.4, -0.2) is 12.6 Å². The fourth-order valence-corrected chi connectivity index (χ4v) is 1.89. The molecule has 2 nitrogen and oxygen atoms in total. The van der Waals surface area contributed by atoms with Crippen LogP contribution in [0, 0.1) is 0 Å². The van der Waals surface area contributed by atoms with Gasteiger partial charge in [-0.05, 0) is 18.2 Å². The van der Waals surface area contributed by atoms with Crippen LogP contribution in [0.4, 0.5) is 0 Å². The van der Waals surface area contributed by atoms with Gasteiger partial charge < -0.3 is 4.74 Å². The van der Waals surface area contributed by atoms with Crippen LogP contribution in [0.2, 0.25) is 0 Å². The van der Waals surface area contributed by atoms with E-state index < -0.39 is 0 Å². The highest BCUT2D eigenvalue weighted by atomic mass is 32.2. The summed E-state index contributed by atoms with van der Waals surface area (Å²) in [6.07, 6.45) is 1.81. The third-order valence-electron chi connectivity index (χ3n) is 1.66. The van der Waals surface area contributed by atoms with Crippen molar-refractivity contribution in [2.75, 3.05) is 6.61 Å². The van der Waals surface area contributed by atoms with Gasteiger partial charge in [0.2, 0.25) is 0 Å². The summed E-state index contributed by atoms with van der Waals surface area (Å²) in [5, 5.41) is 0. The Kier molecular flexibility index (Phi) is 2.36. The van der Waals surface area contributed by atoms with Crippen molar-refractivity contribution in [3.8, 4) is 0 Å². The van der Waals surface area contributed by atoms with Gasteiger partial charge in [0, 0.05) is 4.90 Å². The lowest BCUT2D eigenvalue weighted by Crippen LogP contribution is -1.95. The van der Waals surface area contributed by atoms with Crippen LogP contribution in [-0.2, 0) is 9.53 Å². The fraction of sp³-hybridized carbons (Fsp3) is 0.100. The Bertz CT molecular complexity index is 343. The zero-order valence-electron chi connectivity index (χ0n) is 6.90. The van der Waals surface area contributed by atoms with Gasteiger partial charge in [0.1, 0.15) is 6.61 Å². The second-order valence-corrected chi connectivity index (χ2v) is 3.70. The van der Waals surface area contributed by atoms with Crippen molar-refractivity contribution < 1.29 is 9.53 Å². The van der Waals surface area contributed by atoms with E-state index in [1.807, 2.05) is 30.3 Å². The number of benzene rings is 1. The summed E-state index contributed by atoms with van der Waals surface area (Å²) in [6, 6.07) is 9.78. The number of carbonyl (C=O) groups excluding carboxylic acids is 1. The fourth-order valence-electron chi connectivity index (χ4n) is 1.05. The highest BCUT2D eigenvalue weighted by Crippen LogP contribution is 2.29. The second kappa shape index (κ2) is 3.66. The molecule has 0 unspecified atom stereocenters. The third kappa shape index (κ3) is 1.92. The van der Waals surface area contributed by atoms with E-state index in [4.69, 9.17) is 4.74 Å². The minimum absolute atomic E-state index is 0.214. The van der Waals surface area contributed by atoms with Crippen LogP contribution in [0.1, 0.15) is 0 Å². The molecule has 1 aromatic rings. The van der Waals surface area contributed by atoms with E-state index in [1.54, 1.807) is 6.08 Å². The highest BCUT2D eigenvalue weighted by molar-refractivity contribution is 8.04. The Morgan fingerprint density at radius 3 is 2.62 bits per heavy atom. The smallest absolute Gasteiger partial charge is 0.345 e. The first-order chi connectivity index (χ1) is 6.36. The van der Waals surface area contributed by atoms with Crippen molar-refractivity contribution in [2.45, 2.75) is 4.90 Å². The molecule has 0 aromatic heterocycles. The molecule has 0 radical (unpaired) electrons. The molecule has 0 saturated heterocycles. The number of thioether (sulfide) groups is 1. The minimum Gasteiger partial charge on any atom is -0.457 e. The minimum atomic E-state index is -0.214. The molecule has 1 aliphatic rings. The quantitative estimate of drug-likeness (QED) is 0.672. The van der Waals surface area contributed by atoms with E-state index in [2.05, 4.69) is 0 Å². The molecule has 1 aromatic carbocycles. The van der Waals surface area contributed by atoms with Gasteiger partial charge in [-0.2, -0.15) is 0 Å². The van der Waals surface area contributed by atoms with Gasteiger partial charge >= 0.3 is 5.97 Å². The summed E-state index contributed by atoms with van der Waals surface area (Å²) >= 11 is 1.45. The maximum atomic E-state index is 11.1. The first-order valence-corrected chi connectivity index (χ1v) is 4.78. The Labute approximate surface area is 80.6 Å². The Morgan fingerprint density at radius 1 is 1.23 bits per heavy atom. The van der Waals surface area contributed by atoms with E-state index in [9.17, 15) is 4.79 Å².